The molecule has 0 aliphatic rings. The topological polar surface area (TPSA) is 49.1 Å². The minimum Gasteiger partial charge on any atom is -0.851 e. The molecular weight excluding hydrogens is 149 g/mol. The lowest BCUT2D eigenvalue weighted by atomic mass is 10.2. The van der Waals surface area contributed by atoms with Crippen molar-refractivity contribution in [1.29, 1.82) is 0 Å². The molecule has 0 aliphatic carbocycles. The minimum atomic E-state index is -0.620. The third-order valence-electron chi connectivity index (χ3n) is 0.740. The maximum Gasteiger partial charge on any atom is 0 e. The maximum absolute atomic E-state index is 10.1. The number of nitrogens with two attached hydrogens (primary N) is 1. The molecule has 0 aromatic carbocycles. The molecule has 0 saturated carbocycles. The molecule has 0 fully saturated rings. The van der Waals surface area contributed by atoms with Crippen molar-refractivity contribution in [2.45, 2.75) is 61.1 Å². The van der Waals surface area contributed by atoms with Crippen molar-refractivity contribution in [2.75, 3.05) is 0 Å². The van der Waals surface area contributed by atoms with Crippen LogP contribution in [0, 0.1) is 0 Å². The first kappa shape index (κ1) is 29.6. The monoisotopic (exact) mass is 175 g/mol. The highest BCUT2D eigenvalue weighted by Crippen LogP contribution is 1.76. The molecular formula is C9H26BNO-. The Hall–Kier alpha value is -0.0151. The van der Waals surface area contributed by atoms with Gasteiger partial charge < -0.3 is 10.8 Å². The molecule has 3 heteroatoms. The Morgan fingerprint density at radius 1 is 1.00 bits per heavy atom. The van der Waals surface area contributed by atoms with Crippen LogP contribution in [0.25, 0.3) is 0 Å². The van der Waals surface area contributed by atoms with Crippen molar-refractivity contribution in [3.8, 4) is 0 Å². The van der Waals surface area contributed by atoms with Gasteiger partial charge in [-0.25, -0.2) is 0 Å². The van der Waals surface area contributed by atoms with Crippen LogP contribution in [0.2, 0.25) is 0 Å². The van der Waals surface area contributed by atoms with Crippen LogP contribution in [0.15, 0.2) is 0 Å². The second kappa shape index (κ2) is 30.6. The van der Waals surface area contributed by atoms with E-state index < -0.39 is 6.10 Å². The van der Waals surface area contributed by atoms with Gasteiger partial charge in [-0.15, -0.1) is 6.10 Å². The summed E-state index contributed by atoms with van der Waals surface area (Å²) < 4.78 is 0. The SMILES string of the molecule is C.CC.CC.CC(N)C(C)[O-].[B]. The lowest BCUT2D eigenvalue weighted by Gasteiger charge is -2.19. The first-order valence-corrected chi connectivity index (χ1v) is 4.06. The van der Waals surface area contributed by atoms with E-state index in [4.69, 9.17) is 5.73 Å². The Kier molecular flexibility index (Phi) is 75.5. The van der Waals surface area contributed by atoms with E-state index in [1.165, 1.54) is 0 Å². The molecule has 3 radical (unpaired) electrons. The van der Waals surface area contributed by atoms with E-state index in [1.807, 2.05) is 27.7 Å². The summed E-state index contributed by atoms with van der Waals surface area (Å²) in [5.41, 5.74) is 5.12. The molecule has 0 amide bonds. The highest BCUT2D eigenvalue weighted by atomic mass is 16.3. The second-order valence-corrected chi connectivity index (χ2v) is 1.56. The number of rotatable bonds is 1. The predicted molar refractivity (Wildman–Crippen MR) is 58.3 cm³/mol. The predicted octanol–water partition coefficient (Wildman–Crippen LogP) is 1.39. The Morgan fingerprint density at radius 2 is 1.08 bits per heavy atom. The molecule has 0 aromatic rings. The van der Waals surface area contributed by atoms with Crippen molar-refractivity contribution in [1.82, 2.24) is 0 Å². The highest BCUT2D eigenvalue weighted by Gasteiger charge is 1.87. The van der Waals surface area contributed by atoms with Crippen LogP contribution in [0.1, 0.15) is 49.0 Å². The van der Waals surface area contributed by atoms with E-state index in [9.17, 15) is 5.11 Å². The fourth-order valence-corrected chi connectivity index (χ4v) is 0. The van der Waals surface area contributed by atoms with Gasteiger partial charge in [-0.3, -0.25) is 0 Å². The van der Waals surface area contributed by atoms with Crippen LogP contribution in [-0.4, -0.2) is 20.6 Å². The molecule has 0 rings (SSSR count). The summed E-state index contributed by atoms with van der Waals surface area (Å²) in [5.74, 6) is 0. The Morgan fingerprint density at radius 3 is 1.08 bits per heavy atom. The molecule has 0 saturated heterocycles. The number of hydrogen-bond acceptors (Lipinski definition) is 2. The van der Waals surface area contributed by atoms with Crippen molar-refractivity contribution < 1.29 is 5.11 Å². The molecule has 0 spiro atoms. The summed E-state index contributed by atoms with van der Waals surface area (Å²) in [7, 11) is 0. The molecule has 0 aromatic heterocycles. The van der Waals surface area contributed by atoms with E-state index in [2.05, 4.69) is 0 Å². The quantitative estimate of drug-likeness (QED) is 0.612. The Balaban J connectivity index is -0.0000000241. The van der Waals surface area contributed by atoms with Crippen LogP contribution in [0.3, 0.4) is 0 Å². The third kappa shape index (κ3) is 50.8. The van der Waals surface area contributed by atoms with Crippen LogP contribution < -0.4 is 10.8 Å². The lowest BCUT2D eigenvalue weighted by molar-refractivity contribution is -0.417. The second-order valence-electron chi connectivity index (χ2n) is 1.56. The van der Waals surface area contributed by atoms with Gasteiger partial charge in [0.05, 0.1) is 0 Å². The lowest BCUT2D eigenvalue weighted by Crippen LogP contribution is -2.38. The zero-order valence-electron chi connectivity index (χ0n) is 8.72. The normalized spacial score (nSPS) is 11.0. The van der Waals surface area contributed by atoms with Gasteiger partial charge in [-0.05, 0) is 6.04 Å². The van der Waals surface area contributed by atoms with Crippen LogP contribution in [0.4, 0.5) is 0 Å². The van der Waals surface area contributed by atoms with Crippen molar-refractivity contribution in [3.63, 3.8) is 0 Å². The number of hydrogen-bond donors (Lipinski definition) is 1. The van der Waals surface area contributed by atoms with Gasteiger partial charge >= 0.3 is 0 Å². The van der Waals surface area contributed by atoms with Gasteiger partial charge in [0.2, 0.25) is 0 Å². The summed E-state index contributed by atoms with van der Waals surface area (Å²) in [5, 5.41) is 10.1. The fourth-order valence-electron chi connectivity index (χ4n) is 0. The van der Waals surface area contributed by atoms with Gasteiger partial charge in [-0.1, -0.05) is 49.0 Å². The van der Waals surface area contributed by atoms with Crippen LogP contribution in [0.5, 0.6) is 0 Å². The van der Waals surface area contributed by atoms with Gasteiger partial charge in [-0.2, -0.15) is 0 Å². The molecule has 2 nitrogen and oxygen atoms in total. The van der Waals surface area contributed by atoms with Gasteiger partial charge in [0.1, 0.15) is 0 Å². The van der Waals surface area contributed by atoms with Crippen molar-refractivity contribution in [3.05, 3.63) is 0 Å². The van der Waals surface area contributed by atoms with E-state index in [1.54, 1.807) is 13.8 Å². The summed E-state index contributed by atoms with van der Waals surface area (Å²) in [6.07, 6.45) is -0.620. The van der Waals surface area contributed by atoms with Crippen LogP contribution in [-0.2, 0) is 0 Å². The molecule has 2 N–H and O–H groups in total. The van der Waals surface area contributed by atoms with Crippen LogP contribution >= 0.6 is 0 Å². The highest BCUT2D eigenvalue weighted by molar-refractivity contribution is 5.75. The van der Waals surface area contributed by atoms with Gasteiger partial charge in [0.15, 0.2) is 0 Å². The minimum absolute atomic E-state index is 0. The zero-order chi connectivity index (χ0) is 9.15. The largest absolute Gasteiger partial charge is 0.851 e. The smallest absolute Gasteiger partial charge is 0 e. The molecule has 2 atom stereocenters. The van der Waals surface area contributed by atoms with Gasteiger partial charge in [0.25, 0.3) is 0 Å². The summed E-state index contributed by atoms with van der Waals surface area (Å²) in [6.45, 7) is 11.3. The fraction of sp³-hybridized carbons (Fsp3) is 1.00. The zero-order valence-corrected chi connectivity index (χ0v) is 8.72. The summed E-state index contributed by atoms with van der Waals surface area (Å²) in [4.78, 5) is 0. The molecule has 0 aliphatic heterocycles. The molecule has 12 heavy (non-hydrogen) atoms. The van der Waals surface area contributed by atoms with E-state index >= 15 is 0 Å². The Bertz CT molecular complexity index is 35.5. The molecule has 0 bridgehead atoms. The molecule has 0 heterocycles. The average molecular weight is 175 g/mol. The van der Waals surface area contributed by atoms with E-state index in [-0.39, 0.29) is 21.9 Å². The van der Waals surface area contributed by atoms with E-state index in [0.29, 0.717) is 0 Å². The first-order valence-electron chi connectivity index (χ1n) is 4.06. The maximum atomic E-state index is 10.1. The molecule has 77 valence electrons. The Labute approximate surface area is 81.1 Å². The van der Waals surface area contributed by atoms with Gasteiger partial charge in [0, 0.05) is 8.41 Å². The average Bonchev–Trinajstić information content (AvgIpc) is 1.96. The standard InChI is InChI=1S/C4H10NO.2C2H6.CH4.B/c1-3(5)4(2)6;2*1-2;;/h3-4H,5H2,1-2H3;2*1-2H3;1H4;/q-1;;;;. The van der Waals surface area contributed by atoms with Crippen molar-refractivity contribution >= 4 is 8.41 Å². The molecule has 2 unspecified atom stereocenters. The summed E-state index contributed by atoms with van der Waals surface area (Å²) >= 11 is 0. The first-order chi connectivity index (χ1) is 4.64. The van der Waals surface area contributed by atoms with Crippen molar-refractivity contribution in [2.24, 2.45) is 5.73 Å². The summed E-state index contributed by atoms with van der Waals surface area (Å²) in [6, 6.07) is -0.204. The third-order valence-corrected chi connectivity index (χ3v) is 0.740. The van der Waals surface area contributed by atoms with E-state index in [0.717, 1.165) is 0 Å².